The van der Waals surface area contributed by atoms with Crippen molar-refractivity contribution in [1.29, 1.82) is 0 Å². The summed E-state index contributed by atoms with van der Waals surface area (Å²) in [5.74, 6) is 5.68. The Bertz CT molecular complexity index is 523. The van der Waals surface area contributed by atoms with Crippen LogP contribution in [0.2, 0.25) is 0 Å². The molecule has 1 aromatic rings. The zero-order valence-electron chi connectivity index (χ0n) is 11.7. The van der Waals surface area contributed by atoms with Crippen LogP contribution in [0.5, 0.6) is 0 Å². The quantitative estimate of drug-likeness (QED) is 0.783. The van der Waals surface area contributed by atoms with Crippen LogP contribution in [-0.2, 0) is 4.74 Å². The second-order valence-corrected chi connectivity index (χ2v) is 6.01. The monoisotopic (exact) mass is 292 g/mol. The number of ether oxygens (including phenoxy) is 1. The van der Waals surface area contributed by atoms with Crippen molar-refractivity contribution in [2.75, 3.05) is 26.8 Å². The van der Waals surface area contributed by atoms with Gasteiger partial charge in [0.15, 0.2) is 0 Å². The van der Waals surface area contributed by atoms with Crippen LogP contribution in [-0.4, -0.2) is 32.7 Å². The minimum atomic E-state index is -0.0370. The first kappa shape index (κ1) is 15.0. The van der Waals surface area contributed by atoms with Gasteiger partial charge in [0.1, 0.15) is 4.88 Å². The lowest BCUT2D eigenvalue weighted by molar-refractivity contribution is 0.0942. The lowest BCUT2D eigenvalue weighted by Crippen LogP contribution is -2.30. The molecule has 0 saturated heterocycles. The summed E-state index contributed by atoms with van der Waals surface area (Å²) in [5.41, 5.74) is 6.38. The van der Waals surface area contributed by atoms with Gasteiger partial charge < -0.3 is 15.8 Å². The van der Waals surface area contributed by atoms with E-state index in [1.54, 1.807) is 7.11 Å². The van der Waals surface area contributed by atoms with Crippen LogP contribution in [0, 0.1) is 17.3 Å². The first-order chi connectivity index (χ1) is 9.71. The molecule has 0 atom stereocenters. The maximum Gasteiger partial charge on any atom is 0.262 e. The van der Waals surface area contributed by atoms with Crippen molar-refractivity contribution in [3.05, 3.63) is 21.9 Å². The van der Waals surface area contributed by atoms with E-state index in [2.05, 4.69) is 17.2 Å². The number of nitrogens with two attached hydrogens (primary N) is 1. The number of hydrogen-bond donors (Lipinski definition) is 2. The summed E-state index contributed by atoms with van der Waals surface area (Å²) in [7, 11) is 1.71. The molecule has 1 saturated carbocycles. The molecule has 3 N–H and O–H groups in total. The van der Waals surface area contributed by atoms with Crippen LogP contribution >= 0.6 is 11.3 Å². The third-order valence-corrected chi connectivity index (χ3v) is 4.53. The Morgan fingerprint density at radius 3 is 3.05 bits per heavy atom. The predicted molar refractivity (Wildman–Crippen MR) is 80.7 cm³/mol. The zero-order chi connectivity index (χ0) is 14.4. The minimum absolute atomic E-state index is 0.0370. The molecule has 1 aromatic heterocycles. The Hall–Kier alpha value is -1.35. The lowest BCUT2D eigenvalue weighted by atomic mass is 10.0. The molecule has 0 spiro atoms. The number of carbonyl (C=O) groups is 1. The van der Waals surface area contributed by atoms with E-state index in [0.717, 1.165) is 25.1 Å². The highest BCUT2D eigenvalue weighted by Gasteiger charge is 2.42. The summed E-state index contributed by atoms with van der Waals surface area (Å²) in [4.78, 5) is 12.9. The van der Waals surface area contributed by atoms with Gasteiger partial charge in [0, 0.05) is 25.8 Å². The minimum Gasteiger partial charge on any atom is -0.385 e. The van der Waals surface area contributed by atoms with E-state index >= 15 is 0 Å². The standard InChI is InChI=1S/C15H20N2O2S/c1-19-9-7-15(5-6-15)11-17-14(18)13-12(3-2-8-16)4-10-20-13/h4,10H,5-9,11,16H2,1H3,(H,17,18). The first-order valence-corrected chi connectivity index (χ1v) is 7.62. The van der Waals surface area contributed by atoms with Gasteiger partial charge in [-0.15, -0.1) is 11.3 Å². The van der Waals surface area contributed by atoms with E-state index in [1.165, 1.54) is 24.2 Å². The van der Waals surface area contributed by atoms with Gasteiger partial charge >= 0.3 is 0 Å². The van der Waals surface area contributed by atoms with Crippen molar-refractivity contribution in [3.8, 4) is 11.8 Å². The molecule has 0 aliphatic heterocycles. The van der Waals surface area contributed by atoms with Crippen molar-refractivity contribution in [1.82, 2.24) is 5.32 Å². The fraction of sp³-hybridized carbons (Fsp3) is 0.533. The van der Waals surface area contributed by atoms with Crippen LogP contribution < -0.4 is 11.1 Å². The molecule has 0 radical (unpaired) electrons. The highest BCUT2D eigenvalue weighted by atomic mass is 32.1. The van der Waals surface area contributed by atoms with Gasteiger partial charge in [-0.2, -0.15) is 0 Å². The molecule has 1 aliphatic rings. The normalized spacial score (nSPS) is 15.3. The van der Waals surface area contributed by atoms with Crippen molar-refractivity contribution >= 4 is 17.2 Å². The number of thiophene rings is 1. The topological polar surface area (TPSA) is 64.3 Å². The summed E-state index contributed by atoms with van der Waals surface area (Å²) < 4.78 is 5.12. The van der Waals surface area contributed by atoms with Gasteiger partial charge in [-0.05, 0) is 36.1 Å². The number of amides is 1. The second kappa shape index (κ2) is 6.89. The van der Waals surface area contributed by atoms with Crippen molar-refractivity contribution in [2.24, 2.45) is 11.1 Å². The molecule has 0 bridgehead atoms. The molecular weight excluding hydrogens is 272 g/mol. The van der Waals surface area contributed by atoms with Gasteiger partial charge in [0.2, 0.25) is 0 Å². The third-order valence-electron chi connectivity index (χ3n) is 3.61. The average Bonchev–Trinajstić information content (AvgIpc) is 3.08. The Kier molecular flexibility index (Phi) is 5.18. The number of carbonyl (C=O) groups excluding carboxylic acids is 1. The lowest BCUT2D eigenvalue weighted by Gasteiger charge is -2.15. The molecule has 1 amide bonds. The number of nitrogens with one attached hydrogen (secondary N) is 1. The molecule has 20 heavy (non-hydrogen) atoms. The molecule has 4 nitrogen and oxygen atoms in total. The fourth-order valence-electron chi connectivity index (χ4n) is 2.09. The molecule has 0 unspecified atom stereocenters. The highest BCUT2D eigenvalue weighted by molar-refractivity contribution is 7.12. The number of methoxy groups -OCH3 is 1. The highest BCUT2D eigenvalue weighted by Crippen LogP contribution is 2.48. The van der Waals surface area contributed by atoms with Gasteiger partial charge in [0.05, 0.1) is 6.54 Å². The van der Waals surface area contributed by atoms with Gasteiger partial charge in [-0.1, -0.05) is 11.8 Å². The SMILES string of the molecule is COCCC1(CNC(=O)c2sccc2C#CCN)CC1. The van der Waals surface area contributed by atoms with Crippen molar-refractivity contribution < 1.29 is 9.53 Å². The Labute approximate surface area is 123 Å². The first-order valence-electron chi connectivity index (χ1n) is 6.74. The zero-order valence-corrected chi connectivity index (χ0v) is 12.5. The van der Waals surface area contributed by atoms with Gasteiger partial charge in [0.25, 0.3) is 5.91 Å². The molecule has 2 rings (SSSR count). The van der Waals surface area contributed by atoms with Crippen LogP contribution in [0.25, 0.3) is 0 Å². The number of hydrogen-bond acceptors (Lipinski definition) is 4. The molecule has 1 fully saturated rings. The van der Waals surface area contributed by atoms with Gasteiger partial charge in [-0.25, -0.2) is 0 Å². The van der Waals surface area contributed by atoms with E-state index in [0.29, 0.717) is 11.4 Å². The summed E-state index contributed by atoms with van der Waals surface area (Å²) in [5, 5.41) is 4.91. The van der Waals surface area contributed by atoms with Crippen LogP contribution in [0.4, 0.5) is 0 Å². The summed E-state index contributed by atoms with van der Waals surface area (Å²) in [6, 6.07) is 1.86. The molecule has 5 heteroatoms. The summed E-state index contributed by atoms with van der Waals surface area (Å²) in [6.07, 6.45) is 3.34. The Morgan fingerprint density at radius 2 is 2.40 bits per heavy atom. The molecule has 1 heterocycles. The molecule has 1 aliphatic carbocycles. The summed E-state index contributed by atoms with van der Waals surface area (Å²) in [6.45, 7) is 1.77. The Balaban J connectivity index is 1.91. The second-order valence-electron chi connectivity index (χ2n) is 5.09. The largest absolute Gasteiger partial charge is 0.385 e. The van der Waals surface area contributed by atoms with E-state index in [-0.39, 0.29) is 11.3 Å². The summed E-state index contributed by atoms with van der Waals surface area (Å²) >= 11 is 1.42. The fourth-order valence-corrected chi connectivity index (χ4v) is 2.85. The van der Waals surface area contributed by atoms with Crippen LogP contribution in [0.3, 0.4) is 0 Å². The van der Waals surface area contributed by atoms with Crippen LogP contribution in [0.15, 0.2) is 11.4 Å². The van der Waals surface area contributed by atoms with Gasteiger partial charge in [-0.3, -0.25) is 4.79 Å². The van der Waals surface area contributed by atoms with E-state index in [9.17, 15) is 4.79 Å². The van der Waals surface area contributed by atoms with Crippen LogP contribution in [0.1, 0.15) is 34.5 Å². The predicted octanol–water partition coefficient (Wildman–Crippen LogP) is 1.60. The molecule has 0 aromatic carbocycles. The maximum atomic E-state index is 12.2. The van der Waals surface area contributed by atoms with Crippen molar-refractivity contribution in [2.45, 2.75) is 19.3 Å². The average molecular weight is 292 g/mol. The molecular formula is C15H20N2O2S. The smallest absolute Gasteiger partial charge is 0.262 e. The van der Waals surface area contributed by atoms with Crippen molar-refractivity contribution in [3.63, 3.8) is 0 Å². The Morgan fingerprint density at radius 1 is 1.60 bits per heavy atom. The van der Waals surface area contributed by atoms with E-state index in [1.807, 2.05) is 11.4 Å². The third kappa shape index (κ3) is 3.83. The number of rotatable bonds is 6. The van der Waals surface area contributed by atoms with E-state index in [4.69, 9.17) is 10.5 Å². The maximum absolute atomic E-state index is 12.2. The molecule has 108 valence electrons. The van der Waals surface area contributed by atoms with E-state index < -0.39 is 0 Å².